The molecule has 0 radical (unpaired) electrons. The Kier molecular flexibility index (Phi) is 2.56. The van der Waals surface area contributed by atoms with Gasteiger partial charge in [0.1, 0.15) is 11.2 Å². The van der Waals surface area contributed by atoms with E-state index in [9.17, 15) is 13.7 Å². The van der Waals surface area contributed by atoms with Gasteiger partial charge in [0.2, 0.25) is 0 Å². The van der Waals surface area contributed by atoms with Gasteiger partial charge in [-0.3, -0.25) is 0 Å². The first-order valence-corrected chi connectivity index (χ1v) is 15.2. The largest absolute Gasteiger partial charge is 0.455 e. The molecule has 0 N–H and O–H groups in total. The fourth-order valence-electron chi connectivity index (χ4n) is 6.66. The van der Waals surface area contributed by atoms with Crippen molar-refractivity contribution >= 4 is 75.8 Å². The van der Waals surface area contributed by atoms with Crippen LogP contribution in [0.2, 0.25) is 0 Å². The van der Waals surface area contributed by atoms with Gasteiger partial charge in [-0.05, 0) is 87.7 Å². The first-order chi connectivity index (χ1) is 37.4. The maximum absolute atomic E-state index is 10.0. The van der Waals surface area contributed by atoms with E-state index in [4.69, 9.17) is 30.5 Å². The van der Waals surface area contributed by atoms with Crippen LogP contribution in [0.25, 0.3) is 109 Å². The Morgan fingerprint density at radius 1 is 0.314 bits per heavy atom. The number of furan rings is 1. The lowest BCUT2D eigenvalue weighted by Gasteiger charge is -2.20. The Morgan fingerprint density at radius 3 is 1.53 bits per heavy atom. The molecule has 0 aliphatic carbocycles. The summed E-state index contributed by atoms with van der Waals surface area (Å²) in [7, 11) is 0. The number of para-hydroxylation sites is 1. The van der Waals surface area contributed by atoms with Crippen LogP contribution in [0.5, 0.6) is 0 Å². The van der Waals surface area contributed by atoms with Gasteiger partial charge >= 0.3 is 0 Å². The third-order valence-electron chi connectivity index (χ3n) is 8.76. The minimum Gasteiger partial charge on any atom is -0.455 e. The second-order valence-corrected chi connectivity index (χ2v) is 11.3. The van der Waals surface area contributed by atoms with Crippen molar-refractivity contribution in [3.05, 3.63) is 181 Å². The Hall–Kier alpha value is -6.70. The van der Waals surface area contributed by atoms with Crippen molar-refractivity contribution in [3.63, 3.8) is 0 Å². The second-order valence-electron chi connectivity index (χ2n) is 11.3. The van der Waals surface area contributed by atoms with E-state index < -0.39 is 279 Å². The quantitative estimate of drug-likeness (QED) is 0.170. The molecule has 1 heteroatoms. The molecule has 0 aliphatic heterocycles. The van der Waals surface area contributed by atoms with E-state index in [-0.39, 0.29) is 5.39 Å². The topological polar surface area (TPSA) is 13.1 Å². The Balaban J connectivity index is 1.44. The molecule has 0 atom stereocenters. The van der Waals surface area contributed by atoms with Crippen molar-refractivity contribution in [1.29, 1.82) is 0 Å². The molecule has 10 aromatic carbocycles. The Bertz CT molecular complexity index is 4780. The molecule has 0 amide bonds. The van der Waals surface area contributed by atoms with Crippen LogP contribution in [0.15, 0.2) is 186 Å². The summed E-state index contributed by atoms with van der Waals surface area (Å²) in [6, 6.07) is -25.3. The predicted molar refractivity (Wildman–Crippen MR) is 218 cm³/mol. The van der Waals surface area contributed by atoms with Crippen molar-refractivity contribution in [2.45, 2.75) is 0 Å². The number of hydrogen-bond donors (Lipinski definition) is 0. The molecule has 0 spiro atoms. The van der Waals surface area contributed by atoms with Crippen LogP contribution in [-0.4, -0.2) is 0 Å². The highest BCUT2D eigenvalue weighted by molar-refractivity contribution is 6.26. The molecule has 1 aromatic heterocycles. The van der Waals surface area contributed by atoms with E-state index in [1.165, 1.54) is 0 Å². The highest BCUT2D eigenvalue weighted by atomic mass is 16.3. The SMILES string of the molecule is [2H]c1cc2c(-c3c4c([2H])c([2H])c([2H])c([2H])c4c(-c4c([2H])c([2H])c([2H])c5c([2H])c([2H])c([2H])c([2H])c45)c4c([2H])c([2H])c([2H])c([2H])c34)c([2H])c([2H])c(-c3c([2H])c([2H])c([2H])c4c3oc3c([2H])c([2H])c5c([2H])c([2H])c([2H])c([2H])c5c34)c2c([2H])c1[2H]. The zero-order chi connectivity index (χ0) is 58.7. The average Bonchev–Trinajstić information content (AvgIpc) is 4.00. The summed E-state index contributed by atoms with van der Waals surface area (Å²) in [5.74, 6) is 0. The number of benzene rings is 10. The van der Waals surface area contributed by atoms with Crippen LogP contribution in [-0.2, 0) is 0 Å². The summed E-state index contributed by atoms with van der Waals surface area (Å²) in [4.78, 5) is 0. The molecule has 0 bridgehead atoms. The van der Waals surface area contributed by atoms with E-state index in [2.05, 4.69) is 0 Å². The third kappa shape index (κ3) is 4.09. The predicted octanol–water partition coefficient (Wildman–Crippen LogP) is 14.4. The van der Waals surface area contributed by atoms with Gasteiger partial charge in [0, 0.05) is 16.3 Å². The fraction of sp³-hybridized carbons (Fsp3) is 0. The fourth-order valence-corrected chi connectivity index (χ4v) is 6.66. The van der Waals surface area contributed by atoms with Crippen LogP contribution >= 0.6 is 0 Å². The summed E-state index contributed by atoms with van der Waals surface area (Å²) < 4.78 is 270. The van der Waals surface area contributed by atoms with Crippen LogP contribution in [0.4, 0.5) is 0 Å². The smallest absolute Gasteiger partial charge is 0.143 e. The van der Waals surface area contributed by atoms with Gasteiger partial charge in [0.15, 0.2) is 0 Å². The van der Waals surface area contributed by atoms with E-state index >= 15 is 0 Å². The molecule has 236 valence electrons. The minimum atomic E-state index is -1.04. The van der Waals surface area contributed by atoms with Crippen molar-refractivity contribution < 1.29 is 44.2 Å². The maximum Gasteiger partial charge on any atom is 0.143 e. The summed E-state index contributed by atoms with van der Waals surface area (Å²) in [5, 5.41) is -7.10. The zero-order valence-corrected chi connectivity index (χ0v) is 25.5. The van der Waals surface area contributed by atoms with E-state index in [1.54, 1.807) is 0 Å². The molecular formula is C50H30O. The summed E-state index contributed by atoms with van der Waals surface area (Å²) >= 11 is 0. The van der Waals surface area contributed by atoms with E-state index in [1.807, 2.05) is 0 Å². The van der Waals surface area contributed by atoms with Crippen LogP contribution in [0.1, 0.15) is 39.8 Å². The normalized spacial score (nSPS) is 19.9. The molecule has 11 aromatic rings. The standard InChI is InChI=1S/C50H30O/c1-3-16-33-31(13-1)15-11-24-38(33)47-39-20-7-9-22-41(39)48(42-23-10-8-21-40(42)47)43-29-28-37(35-18-5-6-19-36(35)43)44-25-12-26-45-49-34-17-4-2-14-32(34)27-30-46(49)51-50(44)45/h1-30H/i1D,2D,3D,4D,5D,6D,7D,8D,9D,10D,11D,12D,13D,14D,15D,16D,17D,18D,20D,21D,22D,23D,24D,25D,26D,27D,28D,29D,30D. The van der Waals surface area contributed by atoms with Crippen molar-refractivity contribution in [1.82, 2.24) is 0 Å². The van der Waals surface area contributed by atoms with Gasteiger partial charge in [-0.15, -0.1) is 0 Å². The maximum atomic E-state index is 10.0. The van der Waals surface area contributed by atoms with Gasteiger partial charge in [0.25, 0.3) is 0 Å². The van der Waals surface area contributed by atoms with Crippen molar-refractivity contribution in [2.24, 2.45) is 0 Å². The molecule has 1 heterocycles. The van der Waals surface area contributed by atoms with Crippen molar-refractivity contribution in [3.8, 4) is 33.4 Å². The lowest BCUT2D eigenvalue weighted by Crippen LogP contribution is -1.93. The van der Waals surface area contributed by atoms with Gasteiger partial charge in [-0.2, -0.15) is 0 Å². The first kappa shape index (κ1) is 12.0. The van der Waals surface area contributed by atoms with Gasteiger partial charge in [-0.1, -0.05) is 175 Å². The Morgan fingerprint density at radius 2 is 0.804 bits per heavy atom. The molecule has 0 fully saturated rings. The van der Waals surface area contributed by atoms with Crippen LogP contribution in [0.3, 0.4) is 0 Å². The molecule has 0 unspecified atom stereocenters. The lowest BCUT2D eigenvalue weighted by atomic mass is 9.83. The van der Waals surface area contributed by atoms with Crippen molar-refractivity contribution in [2.75, 3.05) is 0 Å². The van der Waals surface area contributed by atoms with Gasteiger partial charge in [-0.25, -0.2) is 0 Å². The van der Waals surface area contributed by atoms with E-state index in [0.717, 1.165) is 6.07 Å². The Labute approximate surface area is 335 Å². The third-order valence-corrected chi connectivity index (χ3v) is 8.76. The average molecular weight is 676 g/mol. The molecule has 0 saturated heterocycles. The molecule has 11 rings (SSSR count). The molecular weight excluding hydrogens is 617 g/mol. The summed E-state index contributed by atoms with van der Waals surface area (Å²) in [6.07, 6.45) is 0. The molecule has 1 nitrogen and oxygen atoms in total. The summed E-state index contributed by atoms with van der Waals surface area (Å²) in [5.41, 5.74) is -5.39. The zero-order valence-electron chi connectivity index (χ0n) is 54.5. The van der Waals surface area contributed by atoms with E-state index in [0.29, 0.717) is 0 Å². The number of hydrogen-bond acceptors (Lipinski definition) is 1. The molecule has 0 saturated carbocycles. The summed E-state index contributed by atoms with van der Waals surface area (Å²) in [6.45, 7) is 0. The van der Waals surface area contributed by atoms with Crippen LogP contribution in [0, 0.1) is 0 Å². The highest BCUT2D eigenvalue weighted by Crippen LogP contribution is 2.48. The molecule has 51 heavy (non-hydrogen) atoms. The number of rotatable bonds is 3. The van der Waals surface area contributed by atoms with Gasteiger partial charge in [0.05, 0.1) is 39.8 Å². The highest BCUT2D eigenvalue weighted by Gasteiger charge is 2.21. The monoisotopic (exact) mass is 675 g/mol. The molecule has 0 aliphatic rings. The van der Waals surface area contributed by atoms with Gasteiger partial charge < -0.3 is 4.42 Å². The number of fused-ring (bicyclic) bond motifs is 9. The first-order valence-electron chi connectivity index (χ1n) is 29.7. The minimum absolute atomic E-state index is 0.377. The lowest BCUT2D eigenvalue weighted by molar-refractivity contribution is 0.670. The van der Waals surface area contributed by atoms with Crippen LogP contribution < -0.4 is 0 Å². The second kappa shape index (κ2) is 10.9.